The minimum Gasteiger partial charge on any atom is -0.465 e. The van der Waals surface area contributed by atoms with E-state index < -0.39 is 20.0 Å². The Morgan fingerprint density at radius 1 is 0.950 bits per heavy atom. The molecule has 0 spiro atoms. The summed E-state index contributed by atoms with van der Waals surface area (Å²) < 4.78 is 9.10. The average molecular weight is 298 g/mol. The van der Waals surface area contributed by atoms with E-state index in [0.717, 1.165) is 12.8 Å². The van der Waals surface area contributed by atoms with Crippen molar-refractivity contribution in [2.75, 3.05) is 14.2 Å². The van der Waals surface area contributed by atoms with Crippen LogP contribution < -0.4 is 0 Å². The smallest absolute Gasteiger partial charge is 0.344 e. The van der Waals surface area contributed by atoms with Crippen LogP contribution in [0.1, 0.15) is 19.3 Å². The van der Waals surface area contributed by atoms with Crippen LogP contribution in [0.3, 0.4) is 0 Å². The third kappa shape index (κ3) is 8.69. The Morgan fingerprint density at radius 2 is 1.50 bits per heavy atom. The Hall–Kier alpha value is -1.36. The number of unbranched alkanes of at least 4 members (excludes halogenated alkanes) is 2. The summed E-state index contributed by atoms with van der Waals surface area (Å²) in [6.45, 7) is 7.00. The lowest BCUT2D eigenvalue weighted by molar-refractivity contribution is -0.144. The van der Waals surface area contributed by atoms with E-state index in [9.17, 15) is 9.59 Å². The van der Waals surface area contributed by atoms with Crippen molar-refractivity contribution >= 4 is 20.0 Å². The molecule has 0 rings (SSSR count). The van der Waals surface area contributed by atoms with E-state index in [4.69, 9.17) is 0 Å². The molecular weight excluding hydrogens is 272 g/mol. The summed E-state index contributed by atoms with van der Waals surface area (Å²) in [6, 6.07) is 1.18. The fourth-order valence-electron chi connectivity index (χ4n) is 1.51. The van der Waals surface area contributed by atoms with Crippen molar-refractivity contribution in [1.29, 1.82) is 0 Å². The van der Waals surface area contributed by atoms with Gasteiger partial charge in [-0.2, -0.15) is 0 Å². The molecule has 0 bridgehead atoms. The zero-order chi connectivity index (χ0) is 15.6. The monoisotopic (exact) mass is 298 g/mol. The number of allylic oxidation sites excluding steroid dienone is 3. The number of ether oxygens (including phenoxy) is 2. The van der Waals surface area contributed by atoms with Gasteiger partial charge in [-0.05, 0) is 25.3 Å². The van der Waals surface area contributed by atoms with Crippen molar-refractivity contribution in [3.05, 3.63) is 23.8 Å². The van der Waals surface area contributed by atoms with Crippen molar-refractivity contribution in [2.45, 2.75) is 44.9 Å². The quantitative estimate of drug-likeness (QED) is 0.131. The van der Waals surface area contributed by atoms with Gasteiger partial charge in [0, 0.05) is 8.07 Å². The maximum atomic E-state index is 11.4. The van der Waals surface area contributed by atoms with Crippen molar-refractivity contribution in [3.63, 3.8) is 0 Å². The summed E-state index contributed by atoms with van der Waals surface area (Å²) in [5, 5.41) is 0. The van der Waals surface area contributed by atoms with Crippen LogP contribution in [0.15, 0.2) is 23.8 Å². The lowest BCUT2D eigenvalue weighted by Gasteiger charge is -2.11. The Labute approximate surface area is 122 Å². The lowest BCUT2D eigenvalue weighted by Crippen LogP contribution is -2.17. The summed E-state index contributed by atoms with van der Waals surface area (Å²) in [7, 11) is 1.49. The maximum Gasteiger partial charge on any atom is 0.344 e. The molecule has 0 saturated heterocycles. The molecule has 0 aliphatic heterocycles. The van der Waals surface area contributed by atoms with Crippen LogP contribution in [0.5, 0.6) is 0 Å². The Balaban J connectivity index is 4.19. The van der Waals surface area contributed by atoms with Crippen LogP contribution in [0.2, 0.25) is 25.7 Å². The van der Waals surface area contributed by atoms with Crippen LogP contribution in [-0.2, 0) is 19.1 Å². The predicted octanol–water partition coefficient (Wildman–Crippen LogP) is 3.32. The molecular formula is C15H26O4Si. The highest BCUT2D eigenvalue weighted by molar-refractivity contribution is 6.76. The standard InChI is InChI=1S/C15H26O4Si/c1-18-14(16)13(15(17)19-2)11-9-7-6-8-10-12-20(3,4)5/h8,10-11H,6-7,9,12H2,1-5H3/b10-8-. The molecule has 20 heavy (non-hydrogen) atoms. The summed E-state index contributed by atoms with van der Waals surface area (Å²) >= 11 is 0. The largest absolute Gasteiger partial charge is 0.465 e. The molecule has 0 amide bonds. The number of hydrogen-bond acceptors (Lipinski definition) is 4. The van der Waals surface area contributed by atoms with Gasteiger partial charge in [-0.15, -0.1) is 0 Å². The minimum atomic E-state index is -1.00. The molecule has 4 nitrogen and oxygen atoms in total. The number of rotatable bonds is 8. The maximum absolute atomic E-state index is 11.4. The first kappa shape index (κ1) is 18.6. The Kier molecular flexibility index (Phi) is 8.88. The van der Waals surface area contributed by atoms with Crippen LogP contribution >= 0.6 is 0 Å². The van der Waals surface area contributed by atoms with Gasteiger partial charge in [-0.1, -0.05) is 37.9 Å². The van der Waals surface area contributed by atoms with Crippen molar-refractivity contribution in [2.24, 2.45) is 0 Å². The van der Waals surface area contributed by atoms with Gasteiger partial charge >= 0.3 is 11.9 Å². The summed E-state index contributed by atoms with van der Waals surface area (Å²) in [6.07, 6.45) is 8.47. The van der Waals surface area contributed by atoms with Gasteiger partial charge in [-0.3, -0.25) is 0 Å². The van der Waals surface area contributed by atoms with E-state index >= 15 is 0 Å². The highest BCUT2D eigenvalue weighted by atomic mass is 28.3. The topological polar surface area (TPSA) is 52.6 Å². The highest BCUT2D eigenvalue weighted by Crippen LogP contribution is 2.10. The first-order valence-electron chi connectivity index (χ1n) is 6.83. The van der Waals surface area contributed by atoms with Crippen LogP contribution in [0.25, 0.3) is 0 Å². The third-order valence-electron chi connectivity index (χ3n) is 2.63. The van der Waals surface area contributed by atoms with Crippen molar-refractivity contribution < 1.29 is 19.1 Å². The second-order valence-electron chi connectivity index (χ2n) is 5.77. The van der Waals surface area contributed by atoms with Crippen LogP contribution in [-0.4, -0.2) is 34.2 Å². The number of carbonyl (C=O) groups excluding carboxylic acids is 2. The molecule has 0 aliphatic rings. The van der Waals surface area contributed by atoms with E-state index in [-0.39, 0.29) is 5.57 Å². The fourth-order valence-corrected chi connectivity index (χ4v) is 2.38. The van der Waals surface area contributed by atoms with E-state index in [1.807, 2.05) is 0 Å². The molecule has 0 aromatic heterocycles. The molecule has 5 heteroatoms. The van der Waals surface area contributed by atoms with E-state index in [1.165, 1.54) is 20.3 Å². The minimum absolute atomic E-state index is 0.0268. The predicted molar refractivity (Wildman–Crippen MR) is 83.3 cm³/mol. The molecule has 0 radical (unpaired) electrons. The summed E-state index contributed by atoms with van der Waals surface area (Å²) in [5.74, 6) is -1.29. The number of hydrogen-bond donors (Lipinski definition) is 0. The average Bonchev–Trinajstić information content (AvgIpc) is 2.39. The van der Waals surface area contributed by atoms with Gasteiger partial charge in [0.2, 0.25) is 0 Å². The lowest BCUT2D eigenvalue weighted by atomic mass is 10.1. The zero-order valence-corrected chi connectivity index (χ0v) is 14.2. The molecule has 0 aromatic rings. The molecule has 0 unspecified atom stereocenters. The first-order valence-corrected chi connectivity index (χ1v) is 10.5. The molecule has 114 valence electrons. The van der Waals surface area contributed by atoms with Gasteiger partial charge in [0.25, 0.3) is 0 Å². The van der Waals surface area contributed by atoms with Crippen molar-refractivity contribution in [3.8, 4) is 0 Å². The Morgan fingerprint density at radius 3 is 1.95 bits per heavy atom. The highest BCUT2D eigenvalue weighted by Gasteiger charge is 2.18. The normalized spacial score (nSPS) is 11.2. The number of carbonyl (C=O) groups is 2. The second kappa shape index (κ2) is 9.53. The molecule has 0 aromatic carbocycles. The van der Waals surface area contributed by atoms with Crippen LogP contribution in [0, 0.1) is 0 Å². The molecule has 0 aliphatic carbocycles. The Bertz CT molecular complexity index is 360. The van der Waals surface area contributed by atoms with E-state index in [0.29, 0.717) is 6.42 Å². The van der Waals surface area contributed by atoms with E-state index in [1.54, 1.807) is 6.08 Å². The number of esters is 2. The fraction of sp³-hybridized carbons (Fsp3) is 0.600. The molecule has 0 fully saturated rings. The van der Waals surface area contributed by atoms with Gasteiger partial charge in [0.1, 0.15) is 5.57 Å². The van der Waals surface area contributed by atoms with Gasteiger partial charge in [-0.25, -0.2) is 9.59 Å². The number of methoxy groups -OCH3 is 2. The second-order valence-corrected chi connectivity index (χ2v) is 11.3. The van der Waals surface area contributed by atoms with Gasteiger partial charge in [0.05, 0.1) is 14.2 Å². The molecule has 0 saturated carbocycles. The zero-order valence-electron chi connectivity index (χ0n) is 13.2. The summed E-state index contributed by atoms with van der Waals surface area (Å²) in [5.41, 5.74) is -0.0268. The van der Waals surface area contributed by atoms with E-state index in [2.05, 4.69) is 41.3 Å². The summed E-state index contributed by atoms with van der Waals surface area (Å²) in [4.78, 5) is 22.8. The van der Waals surface area contributed by atoms with Crippen molar-refractivity contribution in [1.82, 2.24) is 0 Å². The SMILES string of the molecule is COC(=O)C(=CCCC/C=C\C[Si](C)(C)C)C(=O)OC. The third-order valence-corrected chi connectivity index (χ3v) is 4.09. The van der Waals surface area contributed by atoms with Crippen LogP contribution in [0.4, 0.5) is 0 Å². The molecule has 0 N–H and O–H groups in total. The van der Waals surface area contributed by atoms with Gasteiger partial charge in [0.15, 0.2) is 0 Å². The van der Waals surface area contributed by atoms with Gasteiger partial charge < -0.3 is 9.47 Å². The molecule has 0 heterocycles. The first-order chi connectivity index (χ1) is 9.31. The molecule has 0 atom stereocenters.